The molecular weight excluding hydrogens is 172 g/mol. The standard InChI is InChI=1S/C6H8N2O.CH4N2O/c1-2-9-6-7-4-3-5-8-6;2-1(3)4/h3-5H,2H2,1H3;(H4,2,3,4). The Balaban J connectivity index is 0.000000310. The number of hydrogen-bond acceptors (Lipinski definition) is 4. The molecule has 0 aliphatic rings. The van der Waals surface area contributed by atoms with Crippen LogP contribution in [0.25, 0.3) is 0 Å². The predicted octanol–water partition coefficient (Wildman–Crippen LogP) is -0.101. The van der Waals surface area contributed by atoms with Crippen LogP contribution in [0.4, 0.5) is 4.79 Å². The van der Waals surface area contributed by atoms with Crippen molar-refractivity contribution in [1.29, 1.82) is 0 Å². The van der Waals surface area contributed by atoms with Gasteiger partial charge in [-0.2, -0.15) is 0 Å². The monoisotopic (exact) mass is 184 g/mol. The Morgan fingerprint density at radius 1 is 1.46 bits per heavy atom. The van der Waals surface area contributed by atoms with Crippen molar-refractivity contribution in [1.82, 2.24) is 9.97 Å². The highest BCUT2D eigenvalue weighted by molar-refractivity contribution is 5.69. The minimum Gasteiger partial charge on any atom is -0.464 e. The minimum absolute atomic E-state index is 0.444. The van der Waals surface area contributed by atoms with Crippen molar-refractivity contribution >= 4 is 6.03 Å². The van der Waals surface area contributed by atoms with Gasteiger partial charge in [-0.1, -0.05) is 0 Å². The van der Waals surface area contributed by atoms with Crippen molar-refractivity contribution in [2.45, 2.75) is 6.92 Å². The summed E-state index contributed by atoms with van der Waals surface area (Å²) in [5, 5.41) is 0. The zero-order valence-corrected chi connectivity index (χ0v) is 7.30. The van der Waals surface area contributed by atoms with Gasteiger partial charge >= 0.3 is 12.0 Å². The maximum absolute atomic E-state index is 9.00. The number of hydrogen-bond donors (Lipinski definition) is 2. The molecule has 1 aromatic rings. The lowest BCUT2D eigenvalue weighted by molar-refractivity contribution is 0.256. The van der Waals surface area contributed by atoms with Crippen molar-refractivity contribution < 1.29 is 9.53 Å². The van der Waals surface area contributed by atoms with E-state index in [0.717, 1.165) is 0 Å². The number of rotatable bonds is 2. The number of primary amides is 2. The van der Waals surface area contributed by atoms with Gasteiger partial charge in [0.2, 0.25) is 0 Å². The molecule has 1 aromatic heterocycles. The van der Waals surface area contributed by atoms with Gasteiger partial charge in [0.05, 0.1) is 6.61 Å². The van der Waals surface area contributed by atoms with Gasteiger partial charge in [0.25, 0.3) is 0 Å². The molecule has 13 heavy (non-hydrogen) atoms. The molecule has 0 fully saturated rings. The lowest BCUT2D eigenvalue weighted by Crippen LogP contribution is -2.18. The molecule has 1 heterocycles. The molecule has 0 bridgehead atoms. The van der Waals surface area contributed by atoms with Crippen molar-refractivity contribution in [3.8, 4) is 6.01 Å². The number of ether oxygens (including phenoxy) is 1. The van der Waals surface area contributed by atoms with Crippen molar-refractivity contribution in [2.75, 3.05) is 6.61 Å². The molecule has 0 saturated heterocycles. The molecule has 0 unspecified atom stereocenters. The Kier molecular flexibility index (Phi) is 5.86. The van der Waals surface area contributed by atoms with E-state index in [2.05, 4.69) is 21.4 Å². The number of urea groups is 1. The summed E-state index contributed by atoms with van der Waals surface area (Å²) < 4.78 is 4.98. The fraction of sp³-hybridized carbons (Fsp3) is 0.286. The van der Waals surface area contributed by atoms with E-state index in [1.807, 2.05) is 6.92 Å². The van der Waals surface area contributed by atoms with Crippen LogP contribution in [0.1, 0.15) is 6.92 Å². The molecule has 0 spiro atoms. The number of aromatic nitrogens is 2. The maximum Gasteiger partial charge on any atom is 0.316 e. The highest BCUT2D eigenvalue weighted by Crippen LogP contribution is 1.95. The van der Waals surface area contributed by atoms with Gasteiger partial charge in [0, 0.05) is 12.4 Å². The first kappa shape index (κ1) is 11.2. The second-order valence-corrected chi connectivity index (χ2v) is 1.87. The molecule has 0 aromatic carbocycles. The molecule has 0 saturated carbocycles. The zero-order valence-electron chi connectivity index (χ0n) is 7.30. The molecule has 1 rings (SSSR count). The third-order valence-electron chi connectivity index (χ3n) is 0.816. The quantitative estimate of drug-likeness (QED) is 0.669. The Labute approximate surface area is 75.9 Å². The van der Waals surface area contributed by atoms with Crippen LogP contribution >= 0.6 is 0 Å². The minimum atomic E-state index is -0.833. The number of carbonyl (C=O) groups excluding carboxylic acids is 1. The van der Waals surface area contributed by atoms with Crippen LogP contribution in [-0.2, 0) is 0 Å². The maximum atomic E-state index is 9.00. The summed E-state index contributed by atoms with van der Waals surface area (Å²) >= 11 is 0. The van der Waals surface area contributed by atoms with E-state index in [1.54, 1.807) is 18.5 Å². The van der Waals surface area contributed by atoms with Gasteiger partial charge < -0.3 is 16.2 Å². The van der Waals surface area contributed by atoms with Gasteiger partial charge in [0.1, 0.15) is 0 Å². The number of nitrogens with two attached hydrogens (primary N) is 2. The van der Waals surface area contributed by atoms with E-state index in [9.17, 15) is 0 Å². The van der Waals surface area contributed by atoms with E-state index in [1.165, 1.54) is 0 Å². The van der Waals surface area contributed by atoms with E-state index in [0.29, 0.717) is 12.6 Å². The summed E-state index contributed by atoms with van der Waals surface area (Å²) in [4.78, 5) is 16.7. The van der Waals surface area contributed by atoms with Gasteiger partial charge in [-0.25, -0.2) is 14.8 Å². The fourth-order valence-electron chi connectivity index (χ4n) is 0.489. The molecule has 6 heteroatoms. The lowest BCUT2D eigenvalue weighted by atomic mass is 10.7. The summed E-state index contributed by atoms with van der Waals surface area (Å²) in [5.41, 5.74) is 8.50. The van der Waals surface area contributed by atoms with E-state index in [-0.39, 0.29) is 0 Å². The van der Waals surface area contributed by atoms with Crippen LogP contribution in [-0.4, -0.2) is 22.6 Å². The summed E-state index contributed by atoms with van der Waals surface area (Å²) in [6.45, 7) is 2.51. The van der Waals surface area contributed by atoms with Crippen LogP contribution in [0.3, 0.4) is 0 Å². The number of carbonyl (C=O) groups is 1. The Morgan fingerprint density at radius 3 is 2.31 bits per heavy atom. The van der Waals surface area contributed by atoms with Crippen LogP contribution in [0.15, 0.2) is 18.5 Å². The smallest absolute Gasteiger partial charge is 0.316 e. The van der Waals surface area contributed by atoms with Crippen molar-refractivity contribution in [3.05, 3.63) is 18.5 Å². The first-order chi connectivity index (χ1) is 6.16. The number of nitrogens with zero attached hydrogens (tertiary/aromatic N) is 2. The van der Waals surface area contributed by atoms with E-state index < -0.39 is 6.03 Å². The molecule has 4 N–H and O–H groups in total. The second-order valence-electron chi connectivity index (χ2n) is 1.87. The predicted molar refractivity (Wildman–Crippen MR) is 47.0 cm³/mol. The molecule has 0 aliphatic heterocycles. The van der Waals surface area contributed by atoms with E-state index >= 15 is 0 Å². The van der Waals surface area contributed by atoms with Crippen molar-refractivity contribution in [2.24, 2.45) is 11.5 Å². The summed E-state index contributed by atoms with van der Waals surface area (Å²) in [6, 6.07) is 1.36. The van der Waals surface area contributed by atoms with Crippen LogP contribution in [0.5, 0.6) is 6.01 Å². The van der Waals surface area contributed by atoms with E-state index in [4.69, 9.17) is 9.53 Å². The molecule has 0 atom stereocenters. The topological polar surface area (TPSA) is 104 Å². The number of amides is 2. The SMILES string of the molecule is CCOc1ncccn1.NC(N)=O. The van der Waals surface area contributed by atoms with Crippen LogP contribution in [0, 0.1) is 0 Å². The molecule has 2 amide bonds. The lowest BCUT2D eigenvalue weighted by Gasteiger charge is -1.95. The zero-order chi connectivity index (χ0) is 10.1. The van der Waals surface area contributed by atoms with Gasteiger partial charge in [0.15, 0.2) is 0 Å². The Bertz CT molecular complexity index is 236. The second kappa shape index (κ2) is 6.84. The molecule has 0 aliphatic carbocycles. The Hall–Kier alpha value is -1.85. The molecular formula is C7H12N4O2. The van der Waals surface area contributed by atoms with Crippen molar-refractivity contribution in [3.63, 3.8) is 0 Å². The third kappa shape index (κ3) is 8.05. The summed E-state index contributed by atoms with van der Waals surface area (Å²) in [6.07, 6.45) is 3.30. The Morgan fingerprint density at radius 2 is 1.92 bits per heavy atom. The first-order valence-corrected chi connectivity index (χ1v) is 3.61. The molecule has 72 valence electrons. The average molecular weight is 184 g/mol. The normalized spacial score (nSPS) is 8.08. The molecule has 0 radical (unpaired) electrons. The largest absolute Gasteiger partial charge is 0.464 e. The average Bonchev–Trinajstić information content (AvgIpc) is 2.06. The van der Waals surface area contributed by atoms with Gasteiger partial charge in [-0.15, -0.1) is 0 Å². The van der Waals surface area contributed by atoms with Gasteiger partial charge in [-0.05, 0) is 13.0 Å². The van der Waals surface area contributed by atoms with Crippen LogP contribution in [0.2, 0.25) is 0 Å². The van der Waals surface area contributed by atoms with Gasteiger partial charge in [-0.3, -0.25) is 0 Å². The third-order valence-corrected chi connectivity index (χ3v) is 0.816. The highest BCUT2D eigenvalue weighted by Gasteiger charge is 1.87. The highest BCUT2D eigenvalue weighted by atomic mass is 16.5. The summed E-state index contributed by atoms with van der Waals surface area (Å²) in [5.74, 6) is 0. The van der Waals surface area contributed by atoms with Crippen LogP contribution < -0.4 is 16.2 Å². The summed E-state index contributed by atoms with van der Waals surface area (Å²) in [7, 11) is 0. The molecule has 6 nitrogen and oxygen atoms in total. The first-order valence-electron chi connectivity index (χ1n) is 3.61. The fourth-order valence-corrected chi connectivity index (χ4v) is 0.489.